The van der Waals surface area contributed by atoms with Gasteiger partial charge in [0.1, 0.15) is 5.69 Å². The molecule has 0 N–H and O–H groups in total. The monoisotopic (exact) mass is 440 g/mol. The minimum Gasteiger partial charge on any atom is -0.305 e. The smallest absolute Gasteiger partial charge is 0.276 e. The van der Waals surface area contributed by atoms with Gasteiger partial charge in [0.2, 0.25) is 0 Å². The summed E-state index contributed by atoms with van der Waals surface area (Å²) in [6.45, 7) is 8.09. The first-order valence-corrected chi connectivity index (χ1v) is 11.2. The number of anilines is 1. The molecular weight excluding hydrogens is 412 g/mol. The van der Waals surface area contributed by atoms with E-state index in [1.54, 1.807) is 0 Å². The molecular formula is C26H28N6O. The van der Waals surface area contributed by atoms with E-state index in [2.05, 4.69) is 40.1 Å². The van der Waals surface area contributed by atoms with Crippen LogP contribution in [0.15, 0.2) is 42.6 Å². The molecule has 1 aliphatic rings. The molecule has 0 aliphatic carbocycles. The summed E-state index contributed by atoms with van der Waals surface area (Å²) in [5, 5.41) is 5.72. The summed E-state index contributed by atoms with van der Waals surface area (Å²) in [7, 11) is 4.02. The van der Waals surface area contributed by atoms with E-state index in [9.17, 15) is 4.79 Å². The highest BCUT2D eigenvalue weighted by Crippen LogP contribution is 2.30. The van der Waals surface area contributed by atoms with E-state index in [4.69, 9.17) is 4.98 Å². The number of carbonyl (C=O) groups excluding carboxylic acids is 1. The Kier molecular flexibility index (Phi) is 5.21. The van der Waals surface area contributed by atoms with Gasteiger partial charge in [-0.25, -0.2) is 9.97 Å². The van der Waals surface area contributed by atoms with E-state index in [-0.39, 0.29) is 5.91 Å². The Labute approximate surface area is 193 Å². The van der Waals surface area contributed by atoms with E-state index >= 15 is 0 Å². The van der Waals surface area contributed by atoms with E-state index in [1.807, 2.05) is 61.9 Å². The second-order valence-electron chi connectivity index (χ2n) is 9.10. The molecule has 2 aromatic carbocycles. The van der Waals surface area contributed by atoms with Gasteiger partial charge in [0.15, 0.2) is 5.82 Å². The van der Waals surface area contributed by atoms with Crippen LogP contribution in [0.5, 0.6) is 0 Å². The van der Waals surface area contributed by atoms with Gasteiger partial charge in [-0.05, 0) is 70.8 Å². The van der Waals surface area contributed by atoms with Crippen LogP contribution < -0.4 is 4.90 Å². The maximum Gasteiger partial charge on any atom is 0.276 e. The molecule has 0 bridgehead atoms. The molecule has 0 atom stereocenters. The summed E-state index contributed by atoms with van der Waals surface area (Å²) in [6, 6.07) is 12.3. The second-order valence-corrected chi connectivity index (χ2v) is 9.10. The first-order valence-electron chi connectivity index (χ1n) is 11.2. The van der Waals surface area contributed by atoms with Gasteiger partial charge < -0.3 is 9.80 Å². The Hall–Kier alpha value is -3.58. The molecule has 7 nitrogen and oxygen atoms in total. The zero-order valence-corrected chi connectivity index (χ0v) is 19.8. The number of fused-ring (bicyclic) bond motifs is 2. The van der Waals surface area contributed by atoms with Crippen LogP contribution in [0, 0.1) is 20.8 Å². The van der Waals surface area contributed by atoms with Crippen molar-refractivity contribution in [1.29, 1.82) is 0 Å². The normalized spacial score (nSPS) is 13.8. The molecule has 1 aliphatic heterocycles. The number of hydrogen-bond acceptors (Lipinski definition) is 5. The van der Waals surface area contributed by atoms with Crippen LogP contribution >= 0.6 is 0 Å². The van der Waals surface area contributed by atoms with Gasteiger partial charge in [0, 0.05) is 41.5 Å². The van der Waals surface area contributed by atoms with Crippen molar-refractivity contribution in [2.24, 2.45) is 0 Å². The summed E-state index contributed by atoms with van der Waals surface area (Å²) in [6.07, 6.45) is 1.87. The number of hydrogen-bond donors (Lipinski definition) is 0. The van der Waals surface area contributed by atoms with Crippen molar-refractivity contribution in [3.05, 3.63) is 70.7 Å². The van der Waals surface area contributed by atoms with Crippen molar-refractivity contribution in [2.75, 3.05) is 25.5 Å². The lowest BCUT2D eigenvalue weighted by Crippen LogP contribution is -2.41. The van der Waals surface area contributed by atoms with Crippen molar-refractivity contribution in [2.45, 2.75) is 33.9 Å². The fourth-order valence-corrected chi connectivity index (χ4v) is 4.53. The third kappa shape index (κ3) is 3.78. The van der Waals surface area contributed by atoms with Crippen molar-refractivity contribution in [3.8, 4) is 11.4 Å². The molecule has 4 aromatic rings. The van der Waals surface area contributed by atoms with Gasteiger partial charge >= 0.3 is 0 Å². The fraction of sp³-hybridized carbons (Fsp3) is 0.308. The molecule has 0 saturated carbocycles. The van der Waals surface area contributed by atoms with E-state index in [0.717, 1.165) is 45.5 Å². The van der Waals surface area contributed by atoms with Crippen LogP contribution in [0.25, 0.3) is 22.3 Å². The second kappa shape index (κ2) is 8.08. The molecule has 168 valence electrons. The van der Waals surface area contributed by atoms with Crippen LogP contribution in [0.4, 0.5) is 5.69 Å². The molecule has 0 fully saturated rings. The zero-order valence-electron chi connectivity index (χ0n) is 19.8. The molecule has 5 rings (SSSR count). The van der Waals surface area contributed by atoms with Crippen LogP contribution in [0.1, 0.15) is 32.9 Å². The Morgan fingerprint density at radius 3 is 2.61 bits per heavy atom. The Balaban J connectivity index is 1.46. The third-order valence-electron chi connectivity index (χ3n) is 6.22. The minimum atomic E-state index is 0.00410. The molecule has 0 unspecified atom stereocenters. The third-order valence-corrected chi connectivity index (χ3v) is 6.22. The number of rotatable bonds is 4. The molecule has 0 radical (unpaired) electrons. The average Bonchev–Trinajstić information content (AvgIpc) is 3.09. The van der Waals surface area contributed by atoms with Crippen LogP contribution in [0.3, 0.4) is 0 Å². The maximum atomic E-state index is 13.4. The molecule has 0 spiro atoms. The number of amides is 1. The lowest BCUT2D eigenvalue weighted by Gasteiger charge is -2.29. The quantitative estimate of drug-likeness (QED) is 0.477. The van der Waals surface area contributed by atoms with E-state index in [1.165, 1.54) is 5.56 Å². The number of benzene rings is 2. The predicted molar refractivity (Wildman–Crippen MR) is 130 cm³/mol. The number of nitrogens with zero attached hydrogens (tertiary/aromatic N) is 6. The summed E-state index contributed by atoms with van der Waals surface area (Å²) >= 11 is 0. The van der Waals surface area contributed by atoms with E-state index < -0.39 is 0 Å². The Morgan fingerprint density at radius 2 is 1.85 bits per heavy atom. The van der Waals surface area contributed by atoms with Crippen molar-refractivity contribution in [1.82, 2.24) is 24.6 Å². The van der Waals surface area contributed by atoms with Gasteiger partial charge in [-0.15, -0.1) is 0 Å². The lowest BCUT2D eigenvalue weighted by molar-refractivity contribution is 0.0961. The first kappa shape index (κ1) is 21.3. The highest BCUT2D eigenvalue weighted by atomic mass is 16.2. The maximum absolute atomic E-state index is 13.4. The van der Waals surface area contributed by atoms with Crippen LogP contribution in [-0.4, -0.2) is 51.2 Å². The van der Waals surface area contributed by atoms with Gasteiger partial charge in [-0.3, -0.25) is 9.48 Å². The van der Waals surface area contributed by atoms with E-state index in [0.29, 0.717) is 24.6 Å². The SMILES string of the molecule is Cc1ccc2nc(-c3ccc(N4CCn5nc(CN(C)C)c(C)c5C4=O)c(C)c3)ncc2c1. The average molecular weight is 441 g/mol. The molecule has 33 heavy (non-hydrogen) atoms. The highest BCUT2D eigenvalue weighted by molar-refractivity contribution is 6.07. The first-order chi connectivity index (χ1) is 15.8. The van der Waals surface area contributed by atoms with Gasteiger partial charge in [-0.2, -0.15) is 5.10 Å². The number of carbonyl (C=O) groups is 1. The van der Waals surface area contributed by atoms with Crippen LogP contribution in [0.2, 0.25) is 0 Å². The Bertz CT molecular complexity index is 1390. The summed E-state index contributed by atoms with van der Waals surface area (Å²) in [4.78, 5) is 26.7. The zero-order chi connectivity index (χ0) is 23.3. The lowest BCUT2D eigenvalue weighted by atomic mass is 10.1. The molecule has 1 amide bonds. The summed E-state index contributed by atoms with van der Waals surface area (Å²) in [5.74, 6) is 0.692. The van der Waals surface area contributed by atoms with Gasteiger partial charge in [-0.1, -0.05) is 11.6 Å². The summed E-state index contributed by atoms with van der Waals surface area (Å²) in [5.41, 5.74) is 7.61. The summed E-state index contributed by atoms with van der Waals surface area (Å²) < 4.78 is 1.86. The number of aromatic nitrogens is 4. The van der Waals surface area contributed by atoms with Crippen molar-refractivity contribution >= 4 is 22.5 Å². The van der Waals surface area contributed by atoms with Crippen molar-refractivity contribution < 1.29 is 4.79 Å². The molecule has 7 heteroatoms. The van der Waals surface area contributed by atoms with Crippen molar-refractivity contribution in [3.63, 3.8) is 0 Å². The standard InChI is InChI=1S/C26H28N6O/c1-16-6-8-21-20(12-16)14-27-25(28-21)19-7-9-23(17(2)13-19)31-10-11-32-24(26(31)33)18(3)22(29-32)15-30(4)5/h6-9,12-14H,10-11,15H2,1-5H3. The Morgan fingerprint density at radius 1 is 1.03 bits per heavy atom. The molecule has 2 aromatic heterocycles. The highest BCUT2D eigenvalue weighted by Gasteiger charge is 2.31. The molecule has 0 saturated heterocycles. The van der Waals surface area contributed by atoms with Crippen LogP contribution in [-0.2, 0) is 13.1 Å². The largest absolute Gasteiger partial charge is 0.305 e. The fourth-order valence-electron chi connectivity index (χ4n) is 4.53. The topological polar surface area (TPSA) is 67.2 Å². The predicted octanol–water partition coefficient (Wildman–Crippen LogP) is 4.14. The number of aryl methyl sites for hydroxylation is 2. The van der Waals surface area contributed by atoms with Gasteiger partial charge in [0.05, 0.1) is 17.8 Å². The molecule has 3 heterocycles. The minimum absolute atomic E-state index is 0.00410. The van der Waals surface area contributed by atoms with Gasteiger partial charge in [0.25, 0.3) is 5.91 Å².